The van der Waals surface area contributed by atoms with Crippen molar-refractivity contribution < 1.29 is 4.42 Å². The molecule has 19 aromatic carbocycles. The molecule has 0 saturated carbocycles. The van der Waals surface area contributed by atoms with E-state index in [0.29, 0.717) is 0 Å². The Kier molecular flexibility index (Phi) is 11.8. The van der Waals surface area contributed by atoms with E-state index in [2.05, 4.69) is 346 Å². The molecule has 23 rings (SSSR count). The lowest BCUT2D eigenvalue weighted by Gasteiger charge is -2.23. The molecule has 3 aliphatic carbocycles. The van der Waals surface area contributed by atoms with E-state index in [4.69, 9.17) is 4.42 Å². The monoisotopic (exact) mass is 1300 g/mol. The van der Waals surface area contributed by atoms with E-state index in [-0.39, 0.29) is 0 Å². The van der Waals surface area contributed by atoms with Crippen LogP contribution in [0.3, 0.4) is 0 Å². The fraction of sp³-hybridized carbons (Fsp3) is 0. The van der Waals surface area contributed by atoms with Crippen LogP contribution < -0.4 is 0 Å². The summed E-state index contributed by atoms with van der Waals surface area (Å²) in [6, 6.07) is 133. The molecule has 0 amide bonds. The molecule has 3 aliphatic rings. The average molecular weight is 1300 g/mol. The van der Waals surface area contributed by atoms with Crippen LogP contribution in [-0.2, 0) is 0 Å². The van der Waals surface area contributed by atoms with Crippen LogP contribution in [-0.4, -0.2) is 0 Å². The van der Waals surface area contributed by atoms with Crippen molar-refractivity contribution in [3.05, 3.63) is 352 Å². The van der Waals surface area contributed by atoms with E-state index in [1.165, 1.54) is 220 Å². The van der Waals surface area contributed by atoms with Crippen LogP contribution in [0.4, 0.5) is 0 Å². The third kappa shape index (κ3) is 8.19. The number of furan rings is 1. The highest BCUT2D eigenvalue weighted by Crippen LogP contribution is 2.62. The van der Waals surface area contributed by atoms with Crippen LogP contribution in [0.2, 0.25) is 0 Å². The molecule has 472 valence electrons. The Balaban J connectivity index is 0.682. The number of hydrogen-bond donors (Lipinski definition) is 0. The summed E-state index contributed by atoms with van der Waals surface area (Å²) in [7, 11) is 0. The maximum absolute atomic E-state index is 6.29. The molecule has 1 heteroatoms. The van der Waals surface area contributed by atoms with Crippen molar-refractivity contribution in [2.45, 2.75) is 0 Å². The van der Waals surface area contributed by atoms with Crippen molar-refractivity contribution in [3.63, 3.8) is 0 Å². The molecular formula is C102H58O. The Morgan fingerprint density at radius 2 is 0.515 bits per heavy atom. The molecule has 1 aromatic heterocycles. The first kappa shape index (κ1) is 56.4. The fourth-order valence-corrected chi connectivity index (χ4v) is 18.7. The van der Waals surface area contributed by atoms with Crippen molar-refractivity contribution in [2.75, 3.05) is 0 Å². The van der Waals surface area contributed by atoms with E-state index in [9.17, 15) is 0 Å². The summed E-state index contributed by atoms with van der Waals surface area (Å²) in [4.78, 5) is 0. The number of rotatable bonds is 8. The van der Waals surface area contributed by atoms with Gasteiger partial charge in [-0.05, 0) is 287 Å². The van der Waals surface area contributed by atoms with Crippen molar-refractivity contribution in [3.8, 4) is 156 Å². The molecular weight excluding hydrogens is 1240 g/mol. The van der Waals surface area contributed by atoms with Gasteiger partial charge in [0.1, 0.15) is 11.2 Å². The quantitative estimate of drug-likeness (QED) is 0.148. The van der Waals surface area contributed by atoms with E-state index in [1.807, 2.05) is 6.07 Å². The van der Waals surface area contributed by atoms with E-state index >= 15 is 0 Å². The maximum atomic E-state index is 6.29. The minimum Gasteiger partial charge on any atom is -0.456 e. The lowest BCUT2D eigenvalue weighted by atomic mass is 9.79. The van der Waals surface area contributed by atoms with Crippen LogP contribution in [0, 0.1) is 0 Å². The fourth-order valence-electron chi connectivity index (χ4n) is 18.7. The molecule has 0 fully saturated rings. The van der Waals surface area contributed by atoms with Crippen molar-refractivity contribution in [2.24, 2.45) is 0 Å². The Bertz CT molecular complexity index is 7120. The maximum Gasteiger partial charge on any atom is 0.136 e. The first-order chi connectivity index (χ1) is 51.1. The summed E-state index contributed by atoms with van der Waals surface area (Å²) in [6.07, 6.45) is 0. The first-order valence-corrected chi connectivity index (χ1v) is 35.8. The number of hydrogen-bond acceptors (Lipinski definition) is 1. The summed E-state index contributed by atoms with van der Waals surface area (Å²) in [5.41, 5.74) is 36.6. The summed E-state index contributed by atoms with van der Waals surface area (Å²) >= 11 is 0. The Morgan fingerprint density at radius 1 is 0.136 bits per heavy atom. The predicted octanol–water partition coefficient (Wildman–Crippen LogP) is 28.8. The molecule has 0 radical (unpaired) electrons. The predicted molar refractivity (Wildman–Crippen MR) is 436 cm³/mol. The van der Waals surface area contributed by atoms with Gasteiger partial charge in [0.2, 0.25) is 0 Å². The SMILES string of the molecule is c1ccc(-c2cc(-c3c4c(c(-c5ccccc5)c5ccccc35)-c3cccc5cccc-4c35)cc(-c3c4c(c(-c5cccc(-c6ccc7cc8c(cc7c6)-c6cccc7cc(-c9ccc(-c%10cccc%11oc%12ccccc%12c%10%11)cc9)cc-8c67)c5)c5ccccc35)-c3cccc5cccc-4c35)c2)cc1. The van der Waals surface area contributed by atoms with Gasteiger partial charge in [-0.2, -0.15) is 0 Å². The molecule has 103 heavy (non-hydrogen) atoms. The summed E-state index contributed by atoms with van der Waals surface area (Å²) < 4.78 is 6.29. The van der Waals surface area contributed by atoms with E-state index < -0.39 is 0 Å². The number of fused-ring (bicyclic) bond motifs is 15. The van der Waals surface area contributed by atoms with Crippen molar-refractivity contribution >= 4 is 86.6 Å². The topological polar surface area (TPSA) is 13.1 Å². The number of para-hydroxylation sites is 1. The third-order valence-electron chi connectivity index (χ3n) is 22.9. The second-order valence-corrected chi connectivity index (χ2v) is 28.4. The van der Waals surface area contributed by atoms with Crippen LogP contribution >= 0.6 is 0 Å². The van der Waals surface area contributed by atoms with Gasteiger partial charge in [0.25, 0.3) is 0 Å². The van der Waals surface area contributed by atoms with Crippen LogP contribution in [0.1, 0.15) is 0 Å². The van der Waals surface area contributed by atoms with Gasteiger partial charge in [0.05, 0.1) is 0 Å². The minimum atomic E-state index is 0.911. The molecule has 1 nitrogen and oxygen atoms in total. The zero-order valence-corrected chi connectivity index (χ0v) is 55.9. The molecule has 0 aliphatic heterocycles. The van der Waals surface area contributed by atoms with Crippen LogP contribution in [0.15, 0.2) is 356 Å². The van der Waals surface area contributed by atoms with Gasteiger partial charge in [0.15, 0.2) is 0 Å². The van der Waals surface area contributed by atoms with Gasteiger partial charge < -0.3 is 4.42 Å². The average Bonchev–Trinajstić information content (AvgIpc) is 1.55. The molecule has 20 aromatic rings. The van der Waals surface area contributed by atoms with Gasteiger partial charge in [0, 0.05) is 10.8 Å². The highest BCUT2D eigenvalue weighted by molar-refractivity contribution is 6.31. The smallest absolute Gasteiger partial charge is 0.136 e. The molecule has 0 spiro atoms. The molecule has 1 heterocycles. The second kappa shape index (κ2) is 21.5. The molecule has 0 atom stereocenters. The largest absolute Gasteiger partial charge is 0.456 e. The molecule has 0 unspecified atom stereocenters. The Labute approximate surface area is 594 Å². The van der Waals surface area contributed by atoms with Gasteiger partial charge >= 0.3 is 0 Å². The van der Waals surface area contributed by atoms with Gasteiger partial charge in [-0.3, -0.25) is 0 Å². The standard InChI is InChI=1S/C102H58O/c1-3-20-59(21-4-1)70-53-73(96-78-33-9-7-31-76(78)94(64-22-5-2-6-23-64)99-82-38-14-24-62-26-16-40-84(91(62)82)101(96)99)55-74(54-70)97-79-34-10-8-32-77(79)95(100-83-39-15-25-63-27-17-41-85(92(63)83)102(97)100)69-29-13-28-65(50-69)66-48-49-67-56-87-86(57-72(67)51-66)80-37-18-30-68-52-71(58-88(87)93(68)80)60-44-46-61(47-45-60)75-36-19-43-90-98(75)81-35-11-12-42-89(81)103-90/h1-58H. The van der Waals surface area contributed by atoms with Gasteiger partial charge in [-0.25, -0.2) is 0 Å². The zero-order valence-electron chi connectivity index (χ0n) is 55.9. The van der Waals surface area contributed by atoms with Crippen LogP contribution in [0.25, 0.3) is 242 Å². The van der Waals surface area contributed by atoms with Gasteiger partial charge in [-0.15, -0.1) is 0 Å². The van der Waals surface area contributed by atoms with E-state index in [1.54, 1.807) is 0 Å². The van der Waals surface area contributed by atoms with E-state index in [0.717, 1.165) is 21.9 Å². The molecule has 0 N–H and O–H groups in total. The highest BCUT2D eigenvalue weighted by Gasteiger charge is 2.34. The minimum absolute atomic E-state index is 0.911. The molecule has 0 bridgehead atoms. The molecule has 0 saturated heterocycles. The third-order valence-corrected chi connectivity index (χ3v) is 22.9. The highest BCUT2D eigenvalue weighted by atomic mass is 16.3. The zero-order chi connectivity index (χ0) is 67.1. The lowest BCUT2D eigenvalue weighted by Crippen LogP contribution is -1.96. The van der Waals surface area contributed by atoms with Crippen LogP contribution in [0.5, 0.6) is 0 Å². The van der Waals surface area contributed by atoms with Gasteiger partial charge in [-0.1, -0.05) is 285 Å². The lowest BCUT2D eigenvalue weighted by molar-refractivity contribution is 0.669. The summed E-state index contributed by atoms with van der Waals surface area (Å²) in [6.45, 7) is 0. The number of benzene rings is 19. The Hall–Kier alpha value is -13.5. The van der Waals surface area contributed by atoms with Crippen molar-refractivity contribution in [1.29, 1.82) is 0 Å². The first-order valence-electron chi connectivity index (χ1n) is 35.8. The Morgan fingerprint density at radius 3 is 1.14 bits per heavy atom. The normalized spacial score (nSPS) is 12.3. The summed E-state index contributed by atoms with van der Waals surface area (Å²) in [5, 5.41) is 17.4. The van der Waals surface area contributed by atoms with Crippen molar-refractivity contribution in [1.82, 2.24) is 0 Å². The summed E-state index contributed by atoms with van der Waals surface area (Å²) in [5.74, 6) is 0. The second-order valence-electron chi connectivity index (χ2n) is 28.4.